The number of hydrogen-bond donors (Lipinski definition) is 1. The predicted molar refractivity (Wildman–Crippen MR) is 89.1 cm³/mol. The van der Waals surface area contributed by atoms with Gasteiger partial charge in [0.05, 0.1) is 13.0 Å². The maximum absolute atomic E-state index is 13.9. The Morgan fingerprint density at radius 3 is 2.19 bits per heavy atom. The molecule has 1 heterocycles. The van der Waals surface area contributed by atoms with E-state index in [1.54, 1.807) is 0 Å². The number of benzene rings is 2. The molecule has 2 aromatic carbocycles. The van der Waals surface area contributed by atoms with Gasteiger partial charge in [0.2, 0.25) is 0 Å². The highest BCUT2D eigenvalue weighted by molar-refractivity contribution is 5.95. The summed E-state index contributed by atoms with van der Waals surface area (Å²) in [4.78, 5) is 25.5. The minimum absolute atomic E-state index is 0.0384. The fourth-order valence-electron chi connectivity index (χ4n) is 3.33. The Kier molecular flexibility index (Phi) is 5.07. The topological polar surface area (TPSA) is 66.8 Å². The molecule has 1 N–H and O–H groups in total. The summed E-state index contributed by atoms with van der Waals surface area (Å²) in [6, 6.07) is 7.07. The molecule has 0 radical (unpaired) electrons. The number of aliphatic carboxylic acids is 1. The molecule has 1 fully saturated rings. The molecule has 8 heteroatoms. The van der Waals surface area contributed by atoms with Gasteiger partial charge in [0.15, 0.2) is 17.4 Å². The molecular formula is C19H16F3NO4. The number of likely N-dealkylation sites (tertiary alicyclic amines) is 1. The van der Waals surface area contributed by atoms with Gasteiger partial charge >= 0.3 is 5.97 Å². The Hall–Kier alpha value is -3.03. The van der Waals surface area contributed by atoms with E-state index in [0.29, 0.717) is 5.56 Å². The lowest BCUT2D eigenvalue weighted by molar-refractivity contribution is -0.141. The minimum Gasteiger partial charge on any atom is -0.491 e. The summed E-state index contributed by atoms with van der Waals surface area (Å²) in [6.07, 6.45) is 0. The first-order valence-electron chi connectivity index (χ1n) is 8.12. The van der Waals surface area contributed by atoms with E-state index in [4.69, 9.17) is 0 Å². The first kappa shape index (κ1) is 18.8. The van der Waals surface area contributed by atoms with Crippen molar-refractivity contribution in [3.63, 3.8) is 0 Å². The number of carboxylic acid groups (broad SMARTS) is 1. The zero-order valence-corrected chi connectivity index (χ0v) is 14.3. The molecule has 1 amide bonds. The van der Waals surface area contributed by atoms with Crippen molar-refractivity contribution in [3.8, 4) is 5.75 Å². The van der Waals surface area contributed by atoms with Crippen LogP contribution >= 0.6 is 0 Å². The number of nitrogens with zero attached hydrogens (tertiary/aromatic N) is 1. The first-order chi connectivity index (χ1) is 12.8. The molecule has 142 valence electrons. The van der Waals surface area contributed by atoms with Gasteiger partial charge in [-0.05, 0) is 29.8 Å². The first-order valence-corrected chi connectivity index (χ1v) is 8.12. The minimum atomic E-state index is -1.10. The average Bonchev–Trinajstić information content (AvgIpc) is 3.07. The van der Waals surface area contributed by atoms with Gasteiger partial charge in [0.1, 0.15) is 5.82 Å². The van der Waals surface area contributed by atoms with Crippen LogP contribution < -0.4 is 4.74 Å². The van der Waals surface area contributed by atoms with Crippen molar-refractivity contribution >= 4 is 11.9 Å². The summed E-state index contributed by atoms with van der Waals surface area (Å²) in [5, 5.41) is 9.48. The summed E-state index contributed by atoms with van der Waals surface area (Å²) in [7, 11) is 1.11. The number of methoxy groups -OCH3 is 1. The fourth-order valence-corrected chi connectivity index (χ4v) is 3.33. The van der Waals surface area contributed by atoms with Gasteiger partial charge in [-0.1, -0.05) is 12.1 Å². The van der Waals surface area contributed by atoms with Gasteiger partial charge in [-0.15, -0.1) is 0 Å². The number of carboxylic acids is 1. The van der Waals surface area contributed by atoms with E-state index < -0.39 is 46.9 Å². The van der Waals surface area contributed by atoms with Crippen LogP contribution in [0.2, 0.25) is 0 Å². The molecule has 3 rings (SSSR count). The average molecular weight is 379 g/mol. The Balaban J connectivity index is 1.88. The Morgan fingerprint density at radius 1 is 1.07 bits per heavy atom. The maximum atomic E-state index is 13.9. The van der Waals surface area contributed by atoms with E-state index in [0.717, 1.165) is 19.2 Å². The predicted octanol–water partition coefficient (Wildman–Crippen LogP) is 3.05. The molecule has 0 saturated carbocycles. The van der Waals surface area contributed by atoms with Gasteiger partial charge in [0.25, 0.3) is 5.91 Å². The van der Waals surface area contributed by atoms with Crippen LogP contribution in [0.5, 0.6) is 5.75 Å². The largest absolute Gasteiger partial charge is 0.491 e. The van der Waals surface area contributed by atoms with Crippen molar-refractivity contribution in [2.45, 2.75) is 5.92 Å². The molecule has 0 aromatic heterocycles. The zero-order valence-electron chi connectivity index (χ0n) is 14.3. The van der Waals surface area contributed by atoms with Crippen molar-refractivity contribution in [1.29, 1.82) is 0 Å². The quantitative estimate of drug-likeness (QED) is 0.887. The third-order valence-electron chi connectivity index (χ3n) is 4.67. The van der Waals surface area contributed by atoms with Crippen LogP contribution in [0.25, 0.3) is 0 Å². The molecule has 1 saturated heterocycles. The SMILES string of the molecule is COc1c(F)cc(C(=O)N2C[C@@H](C(=O)O)[C@H](c3ccc(F)cc3)C2)cc1F. The monoisotopic (exact) mass is 379 g/mol. The van der Waals surface area contributed by atoms with E-state index in [1.807, 2.05) is 0 Å². The summed E-state index contributed by atoms with van der Waals surface area (Å²) >= 11 is 0. The van der Waals surface area contributed by atoms with E-state index >= 15 is 0 Å². The van der Waals surface area contributed by atoms with Crippen LogP contribution in [0.3, 0.4) is 0 Å². The van der Waals surface area contributed by atoms with Crippen molar-refractivity contribution in [1.82, 2.24) is 4.90 Å². The number of hydrogen-bond acceptors (Lipinski definition) is 3. The lowest BCUT2D eigenvalue weighted by Gasteiger charge is -2.17. The standard InChI is InChI=1S/C19H16F3NO4/c1-27-17-15(21)6-11(7-16(17)22)18(24)23-8-13(14(9-23)19(25)26)10-2-4-12(20)5-3-10/h2-7,13-14H,8-9H2,1H3,(H,25,26)/t13-,14+/m0/s1. The van der Waals surface area contributed by atoms with Crippen molar-refractivity contribution in [3.05, 3.63) is 65.0 Å². The summed E-state index contributed by atoms with van der Waals surface area (Å²) < 4.78 is 45.5. The van der Waals surface area contributed by atoms with Crippen LogP contribution in [0.4, 0.5) is 13.2 Å². The Morgan fingerprint density at radius 2 is 1.67 bits per heavy atom. The highest BCUT2D eigenvalue weighted by Crippen LogP contribution is 2.34. The van der Waals surface area contributed by atoms with Crippen LogP contribution in [0, 0.1) is 23.4 Å². The molecule has 0 bridgehead atoms. The number of halogens is 3. The number of carbonyl (C=O) groups excluding carboxylic acids is 1. The van der Waals surface area contributed by atoms with E-state index in [-0.39, 0.29) is 18.7 Å². The molecule has 5 nitrogen and oxygen atoms in total. The normalized spacial score (nSPS) is 19.2. The second kappa shape index (κ2) is 7.30. The summed E-state index contributed by atoms with van der Waals surface area (Å²) in [5.74, 6) is -6.36. The Bertz CT molecular complexity index is 862. The molecule has 0 unspecified atom stereocenters. The molecular weight excluding hydrogens is 363 g/mol. The van der Waals surface area contributed by atoms with Crippen molar-refractivity contribution in [2.75, 3.05) is 20.2 Å². The summed E-state index contributed by atoms with van der Waals surface area (Å²) in [5.41, 5.74) is 0.334. The molecule has 2 aromatic rings. The van der Waals surface area contributed by atoms with Gasteiger partial charge in [-0.3, -0.25) is 9.59 Å². The number of rotatable bonds is 4. The van der Waals surface area contributed by atoms with Gasteiger partial charge in [0, 0.05) is 24.6 Å². The number of carbonyl (C=O) groups is 2. The molecule has 0 spiro atoms. The fraction of sp³-hybridized carbons (Fsp3) is 0.263. The number of ether oxygens (including phenoxy) is 1. The van der Waals surface area contributed by atoms with Crippen LogP contribution in [0.15, 0.2) is 36.4 Å². The van der Waals surface area contributed by atoms with Crippen LogP contribution in [0.1, 0.15) is 21.8 Å². The highest BCUT2D eigenvalue weighted by atomic mass is 19.1. The smallest absolute Gasteiger partial charge is 0.308 e. The summed E-state index contributed by atoms with van der Waals surface area (Å²) in [6.45, 7) is -0.0812. The zero-order chi connectivity index (χ0) is 19.7. The molecule has 1 aliphatic rings. The molecule has 1 aliphatic heterocycles. The molecule has 2 atom stereocenters. The van der Waals surface area contributed by atoms with Crippen LogP contribution in [-0.2, 0) is 4.79 Å². The van der Waals surface area contributed by atoms with E-state index in [1.165, 1.54) is 29.2 Å². The number of amides is 1. The lowest BCUT2D eigenvalue weighted by Crippen LogP contribution is -2.30. The van der Waals surface area contributed by atoms with E-state index in [9.17, 15) is 27.9 Å². The van der Waals surface area contributed by atoms with Crippen molar-refractivity contribution < 1.29 is 32.6 Å². The second-order valence-corrected chi connectivity index (χ2v) is 6.29. The third-order valence-corrected chi connectivity index (χ3v) is 4.67. The second-order valence-electron chi connectivity index (χ2n) is 6.29. The van der Waals surface area contributed by atoms with Crippen molar-refractivity contribution in [2.24, 2.45) is 5.92 Å². The van der Waals surface area contributed by atoms with Gasteiger partial charge in [-0.2, -0.15) is 0 Å². The van der Waals surface area contributed by atoms with E-state index in [2.05, 4.69) is 4.74 Å². The maximum Gasteiger partial charge on any atom is 0.308 e. The Labute approximate surface area is 153 Å². The van der Waals surface area contributed by atoms with Crippen LogP contribution in [-0.4, -0.2) is 42.1 Å². The lowest BCUT2D eigenvalue weighted by atomic mass is 9.89. The van der Waals surface area contributed by atoms with Gasteiger partial charge in [-0.25, -0.2) is 13.2 Å². The molecule has 27 heavy (non-hydrogen) atoms. The highest BCUT2D eigenvalue weighted by Gasteiger charge is 2.41. The van der Waals surface area contributed by atoms with Gasteiger partial charge < -0.3 is 14.7 Å². The molecule has 0 aliphatic carbocycles. The third kappa shape index (κ3) is 3.60.